The van der Waals surface area contributed by atoms with Gasteiger partial charge in [0.2, 0.25) is 10.0 Å². The lowest BCUT2D eigenvalue weighted by Gasteiger charge is -2.20. The number of carbonyl (C=O) groups excluding carboxylic acids is 1. The molecule has 0 bridgehead atoms. The van der Waals surface area contributed by atoms with Crippen molar-refractivity contribution < 1.29 is 27.1 Å². The van der Waals surface area contributed by atoms with Crippen LogP contribution >= 0.6 is 0 Å². The van der Waals surface area contributed by atoms with Gasteiger partial charge in [0.25, 0.3) is 5.91 Å². The number of ether oxygens (including phenoxy) is 2. The van der Waals surface area contributed by atoms with Crippen LogP contribution in [0.3, 0.4) is 0 Å². The molecule has 7 nitrogen and oxygen atoms in total. The number of anilines is 1. The Morgan fingerprint density at radius 2 is 1.71 bits per heavy atom. The molecular formula is C25H27FN2O5S. The second-order valence-corrected chi connectivity index (χ2v) is 9.33. The first kappa shape index (κ1) is 25.4. The van der Waals surface area contributed by atoms with Gasteiger partial charge in [-0.15, -0.1) is 0 Å². The highest BCUT2D eigenvalue weighted by molar-refractivity contribution is 7.89. The number of hydrogen-bond donors (Lipinski definition) is 1. The van der Waals surface area contributed by atoms with Gasteiger partial charge in [-0.1, -0.05) is 26.0 Å². The number of hydrogen-bond acceptors (Lipinski definition) is 5. The maximum absolute atomic E-state index is 13.3. The van der Waals surface area contributed by atoms with Gasteiger partial charge in [-0.05, 0) is 60.2 Å². The molecule has 0 unspecified atom stereocenters. The van der Waals surface area contributed by atoms with Gasteiger partial charge in [0.05, 0.1) is 17.2 Å². The summed E-state index contributed by atoms with van der Waals surface area (Å²) in [6.07, 6.45) is 0. The predicted molar refractivity (Wildman–Crippen MR) is 128 cm³/mol. The number of methoxy groups -OCH3 is 1. The molecule has 0 saturated heterocycles. The summed E-state index contributed by atoms with van der Waals surface area (Å²) in [5.74, 6) is -0.318. The molecule has 0 saturated carbocycles. The molecule has 0 heterocycles. The van der Waals surface area contributed by atoms with Crippen LogP contribution in [0.5, 0.6) is 11.5 Å². The number of nitrogens with one attached hydrogen (secondary N) is 1. The van der Waals surface area contributed by atoms with E-state index in [1.54, 1.807) is 39.2 Å². The summed E-state index contributed by atoms with van der Waals surface area (Å²) < 4.78 is 51.7. The number of carbonyl (C=O) groups is 1. The molecule has 9 heteroatoms. The molecule has 3 aromatic rings. The minimum Gasteiger partial charge on any atom is -0.455 e. The van der Waals surface area contributed by atoms with Crippen LogP contribution in [0, 0.1) is 5.82 Å². The van der Waals surface area contributed by atoms with E-state index in [1.807, 2.05) is 6.07 Å². The average molecular weight is 487 g/mol. The molecule has 34 heavy (non-hydrogen) atoms. The van der Waals surface area contributed by atoms with Crippen molar-refractivity contribution in [2.24, 2.45) is 0 Å². The number of rotatable bonds is 10. The van der Waals surface area contributed by atoms with Crippen molar-refractivity contribution in [2.45, 2.75) is 25.3 Å². The molecular weight excluding hydrogens is 459 g/mol. The van der Waals surface area contributed by atoms with Gasteiger partial charge in [-0.2, -0.15) is 4.31 Å². The van der Waals surface area contributed by atoms with Gasteiger partial charge in [0, 0.05) is 25.8 Å². The summed E-state index contributed by atoms with van der Waals surface area (Å²) in [6.45, 7) is 4.46. The number of benzene rings is 3. The van der Waals surface area contributed by atoms with Gasteiger partial charge in [-0.25, -0.2) is 12.8 Å². The van der Waals surface area contributed by atoms with Crippen LogP contribution in [0.4, 0.5) is 10.1 Å². The largest absolute Gasteiger partial charge is 0.455 e. The normalized spacial score (nSPS) is 11.4. The third-order valence-electron chi connectivity index (χ3n) is 5.08. The molecule has 0 radical (unpaired) electrons. The van der Waals surface area contributed by atoms with E-state index in [-0.39, 0.29) is 16.3 Å². The second kappa shape index (κ2) is 11.2. The summed E-state index contributed by atoms with van der Waals surface area (Å²) in [4.78, 5) is 13.0. The Morgan fingerprint density at radius 3 is 2.35 bits per heavy atom. The lowest BCUT2D eigenvalue weighted by molar-refractivity contribution is 0.102. The molecule has 0 aliphatic rings. The Hall–Kier alpha value is -3.27. The smallest absolute Gasteiger partial charge is 0.255 e. The van der Waals surface area contributed by atoms with Gasteiger partial charge in [0.15, 0.2) is 5.75 Å². The fourth-order valence-corrected chi connectivity index (χ4v) is 4.85. The molecule has 0 aromatic heterocycles. The minimum absolute atomic E-state index is 0.0195. The number of sulfonamides is 1. The minimum atomic E-state index is -3.77. The Bertz CT molecular complexity index is 1240. The zero-order valence-corrected chi connectivity index (χ0v) is 20.1. The quantitative estimate of drug-likeness (QED) is 0.434. The standard InChI is InChI=1S/C25H27FN2O5S/c1-4-28(5-2)34(30,31)22-13-14-24(33-21-11-9-20(26)10-12-21)23(16-22)27-25(29)19-8-6-7-18(15-19)17-32-3/h6-16H,4-5,17H2,1-3H3,(H,27,29). The summed E-state index contributed by atoms with van der Waals surface area (Å²) >= 11 is 0. The molecule has 3 aromatic carbocycles. The highest BCUT2D eigenvalue weighted by Gasteiger charge is 2.24. The van der Waals surface area contributed by atoms with Crippen molar-refractivity contribution in [3.8, 4) is 11.5 Å². The van der Waals surface area contributed by atoms with Crippen molar-refractivity contribution in [3.05, 3.63) is 83.7 Å². The number of halogens is 1. The third-order valence-corrected chi connectivity index (χ3v) is 7.13. The van der Waals surface area contributed by atoms with E-state index < -0.39 is 21.7 Å². The second-order valence-electron chi connectivity index (χ2n) is 7.39. The average Bonchev–Trinajstić information content (AvgIpc) is 2.82. The van der Waals surface area contributed by atoms with Gasteiger partial charge < -0.3 is 14.8 Å². The Labute approximate surface area is 199 Å². The maximum Gasteiger partial charge on any atom is 0.255 e. The molecule has 1 amide bonds. The first-order chi connectivity index (χ1) is 16.3. The molecule has 3 rings (SSSR count). The van der Waals surface area contributed by atoms with E-state index in [1.165, 1.54) is 46.8 Å². The zero-order valence-electron chi connectivity index (χ0n) is 19.2. The van der Waals surface area contributed by atoms with E-state index in [0.29, 0.717) is 31.0 Å². The van der Waals surface area contributed by atoms with Crippen LogP contribution in [-0.2, 0) is 21.4 Å². The molecule has 0 aliphatic carbocycles. The first-order valence-corrected chi connectivity index (χ1v) is 12.2. The van der Waals surface area contributed by atoms with Crippen LogP contribution in [0.1, 0.15) is 29.8 Å². The summed E-state index contributed by atoms with van der Waals surface area (Å²) in [7, 11) is -2.21. The van der Waals surface area contributed by atoms with Crippen molar-refractivity contribution in [1.82, 2.24) is 4.31 Å². The monoisotopic (exact) mass is 486 g/mol. The van der Waals surface area contributed by atoms with E-state index in [2.05, 4.69) is 5.32 Å². The lowest BCUT2D eigenvalue weighted by Crippen LogP contribution is -2.30. The molecule has 0 aliphatic heterocycles. The Kier molecular flexibility index (Phi) is 8.38. The van der Waals surface area contributed by atoms with Crippen LogP contribution in [0.25, 0.3) is 0 Å². The van der Waals surface area contributed by atoms with Crippen molar-refractivity contribution >= 4 is 21.6 Å². The maximum atomic E-state index is 13.3. The lowest BCUT2D eigenvalue weighted by atomic mass is 10.1. The molecule has 0 atom stereocenters. The van der Waals surface area contributed by atoms with Crippen LogP contribution in [-0.4, -0.2) is 38.8 Å². The van der Waals surface area contributed by atoms with E-state index in [0.717, 1.165) is 5.56 Å². The zero-order chi connectivity index (χ0) is 24.7. The van der Waals surface area contributed by atoms with Gasteiger partial charge >= 0.3 is 0 Å². The van der Waals surface area contributed by atoms with E-state index >= 15 is 0 Å². The molecule has 0 fully saturated rings. The number of nitrogens with zero attached hydrogens (tertiary/aromatic N) is 1. The molecule has 1 N–H and O–H groups in total. The van der Waals surface area contributed by atoms with Crippen molar-refractivity contribution in [2.75, 3.05) is 25.5 Å². The first-order valence-electron chi connectivity index (χ1n) is 10.7. The molecule has 0 spiro atoms. The van der Waals surface area contributed by atoms with Gasteiger partial charge in [0.1, 0.15) is 11.6 Å². The van der Waals surface area contributed by atoms with E-state index in [4.69, 9.17) is 9.47 Å². The van der Waals surface area contributed by atoms with Crippen LogP contribution < -0.4 is 10.1 Å². The Balaban J connectivity index is 2.00. The topological polar surface area (TPSA) is 84.9 Å². The fourth-order valence-electron chi connectivity index (χ4n) is 3.36. The third kappa shape index (κ3) is 5.99. The molecule has 180 valence electrons. The highest BCUT2D eigenvalue weighted by atomic mass is 32.2. The Morgan fingerprint density at radius 1 is 1.00 bits per heavy atom. The van der Waals surface area contributed by atoms with Crippen molar-refractivity contribution in [1.29, 1.82) is 0 Å². The van der Waals surface area contributed by atoms with Gasteiger partial charge in [-0.3, -0.25) is 4.79 Å². The summed E-state index contributed by atoms with van der Waals surface area (Å²) in [5, 5.41) is 2.75. The van der Waals surface area contributed by atoms with Crippen LogP contribution in [0.15, 0.2) is 71.6 Å². The number of amides is 1. The predicted octanol–water partition coefficient (Wildman–Crippen LogP) is 5.05. The fraction of sp³-hybridized carbons (Fsp3) is 0.240. The van der Waals surface area contributed by atoms with Crippen molar-refractivity contribution in [3.63, 3.8) is 0 Å². The summed E-state index contributed by atoms with van der Waals surface area (Å²) in [5.41, 5.74) is 1.36. The van der Waals surface area contributed by atoms with E-state index in [9.17, 15) is 17.6 Å². The highest BCUT2D eigenvalue weighted by Crippen LogP contribution is 2.33. The van der Waals surface area contributed by atoms with Crippen LogP contribution in [0.2, 0.25) is 0 Å². The summed E-state index contributed by atoms with van der Waals surface area (Å²) in [6, 6.07) is 16.5. The SMILES string of the molecule is CCN(CC)S(=O)(=O)c1ccc(Oc2ccc(F)cc2)c(NC(=O)c2cccc(COC)c2)c1.